The van der Waals surface area contributed by atoms with Crippen LogP contribution in [-0.2, 0) is 0 Å². The number of rotatable bonds is 5. The zero-order valence-corrected chi connectivity index (χ0v) is 13.6. The lowest BCUT2D eigenvalue weighted by Crippen LogP contribution is -2.28. The van der Waals surface area contributed by atoms with E-state index in [0.717, 1.165) is 37.2 Å². The van der Waals surface area contributed by atoms with Crippen LogP contribution in [0.25, 0.3) is 0 Å². The Hall–Kier alpha value is -2.29. The van der Waals surface area contributed by atoms with Crippen LogP contribution in [-0.4, -0.2) is 30.5 Å². The predicted octanol–water partition coefficient (Wildman–Crippen LogP) is 3.93. The van der Waals surface area contributed by atoms with Crippen LogP contribution in [0.15, 0.2) is 54.6 Å². The molecule has 120 valence electrons. The molecule has 0 aromatic heterocycles. The average molecular weight is 309 g/mol. The van der Waals surface area contributed by atoms with Crippen LogP contribution in [0, 0.1) is 12.8 Å². The van der Waals surface area contributed by atoms with Gasteiger partial charge in [0.05, 0.1) is 6.61 Å². The van der Waals surface area contributed by atoms with Gasteiger partial charge in [-0.25, -0.2) is 0 Å². The van der Waals surface area contributed by atoms with Crippen molar-refractivity contribution in [2.24, 2.45) is 5.92 Å². The van der Waals surface area contributed by atoms with E-state index in [2.05, 4.69) is 19.1 Å². The molecule has 0 saturated carbocycles. The number of likely N-dealkylation sites (tertiary alicyclic amines) is 1. The van der Waals surface area contributed by atoms with Crippen molar-refractivity contribution in [3.05, 3.63) is 65.7 Å². The fraction of sp³-hybridized carbons (Fsp3) is 0.350. The van der Waals surface area contributed by atoms with Crippen LogP contribution in [0.3, 0.4) is 0 Å². The highest BCUT2D eigenvalue weighted by atomic mass is 16.5. The first-order valence-electron chi connectivity index (χ1n) is 8.26. The molecule has 0 radical (unpaired) electrons. The number of nitrogens with zero attached hydrogens (tertiary/aromatic N) is 1. The molecular formula is C20H23NO2. The highest BCUT2D eigenvalue weighted by Gasteiger charge is 2.26. The molecule has 2 aromatic carbocycles. The fourth-order valence-electron chi connectivity index (χ4n) is 2.99. The van der Waals surface area contributed by atoms with Gasteiger partial charge in [-0.05, 0) is 49.9 Å². The van der Waals surface area contributed by atoms with Gasteiger partial charge in [-0.1, -0.05) is 35.9 Å². The third-order valence-corrected chi connectivity index (χ3v) is 4.41. The van der Waals surface area contributed by atoms with Gasteiger partial charge >= 0.3 is 0 Å². The molecule has 0 aliphatic carbocycles. The molecule has 3 heteroatoms. The van der Waals surface area contributed by atoms with Gasteiger partial charge in [0.1, 0.15) is 5.75 Å². The summed E-state index contributed by atoms with van der Waals surface area (Å²) in [4.78, 5) is 14.4. The molecule has 1 fully saturated rings. The third-order valence-electron chi connectivity index (χ3n) is 4.41. The van der Waals surface area contributed by atoms with Gasteiger partial charge in [0, 0.05) is 18.7 Å². The lowest BCUT2D eigenvalue weighted by molar-refractivity contribution is 0.0785. The minimum absolute atomic E-state index is 0.146. The molecule has 3 nitrogen and oxygen atoms in total. The van der Waals surface area contributed by atoms with Crippen molar-refractivity contribution >= 4 is 5.91 Å². The normalized spacial score (nSPS) is 17.3. The van der Waals surface area contributed by atoms with Gasteiger partial charge in [0.25, 0.3) is 5.91 Å². The molecule has 1 aliphatic rings. The monoisotopic (exact) mass is 309 g/mol. The lowest BCUT2D eigenvalue weighted by Gasteiger charge is -2.16. The quantitative estimate of drug-likeness (QED) is 0.837. The second-order valence-electron chi connectivity index (χ2n) is 6.22. The Balaban J connectivity index is 1.45. The molecule has 23 heavy (non-hydrogen) atoms. The predicted molar refractivity (Wildman–Crippen MR) is 91.7 cm³/mol. The maximum atomic E-state index is 12.4. The van der Waals surface area contributed by atoms with Crippen molar-refractivity contribution in [2.75, 3.05) is 19.7 Å². The second-order valence-corrected chi connectivity index (χ2v) is 6.22. The minimum atomic E-state index is 0.146. The molecule has 1 saturated heterocycles. The summed E-state index contributed by atoms with van der Waals surface area (Å²) in [6.45, 7) is 4.47. The molecule has 0 N–H and O–H groups in total. The van der Waals surface area contributed by atoms with Crippen molar-refractivity contribution in [1.29, 1.82) is 0 Å². The van der Waals surface area contributed by atoms with Crippen LogP contribution < -0.4 is 4.74 Å². The average Bonchev–Trinajstić information content (AvgIpc) is 3.06. The number of carbonyl (C=O) groups excluding carboxylic acids is 1. The number of carbonyl (C=O) groups is 1. The van der Waals surface area contributed by atoms with E-state index in [1.807, 2.05) is 47.4 Å². The molecule has 2 aromatic rings. The molecule has 0 bridgehead atoms. The van der Waals surface area contributed by atoms with Gasteiger partial charge in [-0.2, -0.15) is 0 Å². The molecule has 1 atom stereocenters. The van der Waals surface area contributed by atoms with Crippen molar-refractivity contribution in [3.8, 4) is 5.75 Å². The zero-order valence-electron chi connectivity index (χ0n) is 13.6. The minimum Gasteiger partial charge on any atom is -0.494 e. The molecule has 1 heterocycles. The number of aryl methyl sites for hydroxylation is 1. The summed E-state index contributed by atoms with van der Waals surface area (Å²) in [5, 5.41) is 0. The van der Waals surface area contributed by atoms with Crippen LogP contribution in [0.4, 0.5) is 0 Å². The Morgan fingerprint density at radius 2 is 1.87 bits per heavy atom. The van der Waals surface area contributed by atoms with E-state index < -0.39 is 0 Å². The van der Waals surface area contributed by atoms with Crippen molar-refractivity contribution in [3.63, 3.8) is 0 Å². The Morgan fingerprint density at radius 3 is 2.61 bits per heavy atom. The number of hydrogen-bond acceptors (Lipinski definition) is 2. The summed E-state index contributed by atoms with van der Waals surface area (Å²) in [5.74, 6) is 1.60. The number of amides is 1. The van der Waals surface area contributed by atoms with Gasteiger partial charge in [-0.3, -0.25) is 4.79 Å². The van der Waals surface area contributed by atoms with Gasteiger partial charge in [0.15, 0.2) is 0 Å². The van der Waals surface area contributed by atoms with Crippen LogP contribution >= 0.6 is 0 Å². The van der Waals surface area contributed by atoms with E-state index in [1.54, 1.807) is 0 Å². The molecule has 1 amide bonds. The number of ether oxygens (including phenoxy) is 1. The Morgan fingerprint density at radius 1 is 1.13 bits per heavy atom. The number of hydrogen-bond donors (Lipinski definition) is 0. The summed E-state index contributed by atoms with van der Waals surface area (Å²) >= 11 is 0. The van der Waals surface area contributed by atoms with E-state index in [1.165, 1.54) is 5.56 Å². The highest BCUT2D eigenvalue weighted by molar-refractivity contribution is 5.94. The maximum Gasteiger partial charge on any atom is 0.253 e. The Labute approximate surface area is 137 Å². The zero-order chi connectivity index (χ0) is 16.1. The lowest BCUT2D eigenvalue weighted by atomic mass is 10.1. The Bertz CT molecular complexity index is 636. The van der Waals surface area contributed by atoms with Crippen molar-refractivity contribution in [2.45, 2.75) is 19.8 Å². The topological polar surface area (TPSA) is 29.5 Å². The SMILES string of the molecule is Cc1ccc(OCCC2CCN(C(=O)c3ccccc3)C2)cc1. The summed E-state index contributed by atoms with van der Waals surface area (Å²) in [6, 6.07) is 17.7. The summed E-state index contributed by atoms with van der Waals surface area (Å²) in [6.07, 6.45) is 2.06. The first kappa shape index (κ1) is 15.6. The third kappa shape index (κ3) is 4.13. The highest BCUT2D eigenvalue weighted by Crippen LogP contribution is 2.22. The largest absolute Gasteiger partial charge is 0.494 e. The van der Waals surface area contributed by atoms with E-state index in [4.69, 9.17) is 4.74 Å². The maximum absolute atomic E-state index is 12.4. The van der Waals surface area contributed by atoms with Crippen molar-refractivity contribution in [1.82, 2.24) is 4.90 Å². The molecule has 1 unspecified atom stereocenters. The van der Waals surface area contributed by atoms with E-state index in [0.29, 0.717) is 12.5 Å². The van der Waals surface area contributed by atoms with Gasteiger partial charge in [0.2, 0.25) is 0 Å². The van der Waals surface area contributed by atoms with Gasteiger partial charge in [-0.15, -0.1) is 0 Å². The molecule has 0 spiro atoms. The molecule has 1 aliphatic heterocycles. The van der Waals surface area contributed by atoms with Crippen LogP contribution in [0.1, 0.15) is 28.8 Å². The van der Waals surface area contributed by atoms with Crippen LogP contribution in [0.2, 0.25) is 0 Å². The van der Waals surface area contributed by atoms with E-state index >= 15 is 0 Å². The molecular weight excluding hydrogens is 286 g/mol. The number of benzene rings is 2. The standard InChI is InChI=1S/C20H23NO2/c1-16-7-9-19(10-8-16)23-14-12-17-11-13-21(15-17)20(22)18-5-3-2-4-6-18/h2-10,17H,11-15H2,1H3. The smallest absolute Gasteiger partial charge is 0.253 e. The summed E-state index contributed by atoms with van der Waals surface area (Å²) in [7, 11) is 0. The summed E-state index contributed by atoms with van der Waals surface area (Å²) in [5.41, 5.74) is 2.02. The second kappa shape index (κ2) is 7.32. The van der Waals surface area contributed by atoms with Crippen molar-refractivity contribution < 1.29 is 9.53 Å². The first-order chi connectivity index (χ1) is 11.2. The van der Waals surface area contributed by atoms with E-state index in [9.17, 15) is 4.79 Å². The fourth-order valence-corrected chi connectivity index (χ4v) is 2.99. The molecule has 3 rings (SSSR count). The van der Waals surface area contributed by atoms with Crippen LogP contribution in [0.5, 0.6) is 5.75 Å². The summed E-state index contributed by atoms with van der Waals surface area (Å²) < 4.78 is 5.80. The first-order valence-corrected chi connectivity index (χ1v) is 8.26. The Kier molecular flexibility index (Phi) is 4.96. The van der Waals surface area contributed by atoms with Gasteiger partial charge < -0.3 is 9.64 Å². The van der Waals surface area contributed by atoms with E-state index in [-0.39, 0.29) is 5.91 Å².